The first-order valence-electron chi connectivity index (χ1n) is 4.27. The van der Waals surface area contributed by atoms with E-state index in [1.807, 2.05) is 24.9 Å². The Labute approximate surface area is 93.9 Å². The van der Waals surface area contributed by atoms with Crippen molar-refractivity contribution < 1.29 is 0 Å². The van der Waals surface area contributed by atoms with Gasteiger partial charge >= 0.3 is 0 Å². The molecular weight excluding hydrogens is 228 g/mol. The Hall–Kier alpha value is 0.150. The van der Waals surface area contributed by atoms with E-state index in [1.165, 1.54) is 0 Å². The summed E-state index contributed by atoms with van der Waals surface area (Å²) < 4.78 is 0. The summed E-state index contributed by atoms with van der Waals surface area (Å²) >= 11 is 18.2. The maximum absolute atomic E-state index is 6.10. The van der Waals surface area contributed by atoms with Crippen molar-refractivity contribution in [2.24, 2.45) is 0 Å². The van der Waals surface area contributed by atoms with Crippen molar-refractivity contribution in [2.75, 3.05) is 6.54 Å². The number of hydrogen-bond acceptors (Lipinski definition) is 1. The zero-order valence-corrected chi connectivity index (χ0v) is 9.92. The van der Waals surface area contributed by atoms with Crippen LogP contribution in [0.2, 0.25) is 0 Å². The molecule has 4 heteroatoms. The molecule has 1 aliphatic rings. The molecule has 1 heterocycles. The zero-order valence-electron chi connectivity index (χ0n) is 7.65. The molecule has 74 valence electrons. The fourth-order valence-corrected chi connectivity index (χ4v) is 2.38. The fraction of sp³-hybridized carbons (Fsp3) is 0.556. The van der Waals surface area contributed by atoms with Crippen LogP contribution < -0.4 is 0 Å². The summed E-state index contributed by atoms with van der Waals surface area (Å²) in [7, 11) is 0. The van der Waals surface area contributed by atoms with E-state index in [2.05, 4.69) is 0 Å². The number of rotatable bonds is 2. The third-order valence-corrected chi connectivity index (χ3v) is 3.42. The molecule has 0 fully saturated rings. The Morgan fingerprint density at radius 3 is 2.46 bits per heavy atom. The number of alkyl halides is 1. The molecule has 1 atom stereocenters. The standard InChI is InChI=1S/C9H12Cl3N/c1-3-6-7(10)5-13(4-2)9(12)8(6)11/h5,9H,3-4H2,1-2H3. The van der Waals surface area contributed by atoms with E-state index in [9.17, 15) is 0 Å². The van der Waals surface area contributed by atoms with E-state index in [0.29, 0.717) is 10.1 Å². The summed E-state index contributed by atoms with van der Waals surface area (Å²) in [4.78, 5) is 1.91. The van der Waals surface area contributed by atoms with Crippen LogP contribution in [0, 0.1) is 0 Å². The normalized spacial score (nSPS) is 23.6. The van der Waals surface area contributed by atoms with E-state index in [0.717, 1.165) is 18.5 Å². The molecule has 13 heavy (non-hydrogen) atoms. The van der Waals surface area contributed by atoms with Gasteiger partial charge in [-0.25, -0.2) is 0 Å². The summed E-state index contributed by atoms with van der Waals surface area (Å²) in [5.41, 5.74) is 0.692. The van der Waals surface area contributed by atoms with Crippen LogP contribution in [0.4, 0.5) is 0 Å². The second-order valence-electron chi connectivity index (χ2n) is 2.82. The topological polar surface area (TPSA) is 3.24 Å². The second-order valence-corrected chi connectivity index (χ2v) is 4.05. The molecule has 0 saturated heterocycles. The Morgan fingerprint density at radius 1 is 1.38 bits per heavy atom. The lowest BCUT2D eigenvalue weighted by Gasteiger charge is -2.30. The minimum Gasteiger partial charge on any atom is -0.356 e. The van der Waals surface area contributed by atoms with Crippen LogP contribution in [0.15, 0.2) is 21.8 Å². The first-order chi connectivity index (χ1) is 6.11. The molecule has 1 aliphatic heterocycles. The molecule has 0 amide bonds. The third-order valence-electron chi connectivity index (χ3n) is 2.07. The molecule has 1 unspecified atom stereocenters. The number of halogens is 3. The molecule has 0 aromatic carbocycles. The van der Waals surface area contributed by atoms with Crippen molar-refractivity contribution in [3.63, 3.8) is 0 Å². The van der Waals surface area contributed by atoms with Crippen LogP contribution >= 0.6 is 34.8 Å². The van der Waals surface area contributed by atoms with Gasteiger partial charge in [-0.05, 0) is 18.9 Å². The molecule has 0 aromatic heterocycles. The van der Waals surface area contributed by atoms with Gasteiger partial charge < -0.3 is 4.90 Å². The lowest BCUT2D eigenvalue weighted by Crippen LogP contribution is -2.29. The Balaban J connectivity index is 2.99. The monoisotopic (exact) mass is 239 g/mol. The number of allylic oxidation sites excluding steroid dienone is 2. The van der Waals surface area contributed by atoms with Gasteiger partial charge in [0.1, 0.15) is 5.50 Å². The predicted octanol–water partition coefficient (Wildman–Crippen LogP) is 3.87. The molecule has 1 nitrogen and oxygen atoms in total. The van der Waals surface area contributed by atoms with E-state index >= 15 is 0 Å². The highest BCUT2D eigenvalue weighted by atomic mass is 35.5. The quantitative estimate of drug-likeness (QED) is 0.523. The average Bonchev–Trinajstić information content (AvgIpc) is 2.12. The maximum Gasteiger partial charge on any atom is 0.140 e. The number of nitrogens with zero attached hydrogens (tertiary/aromatic N) is 1. The Morgan fingerprint density at radius 2 is 2.00 bits per heavy atom. The van der Waals surface area contributed by atoms with Gasteiger partial charge in [-0.15, -0.1) is 0 Å². The predicted molar refractivity (Wildman–Crippen MR) is 59.1 cm³/mol. The van der Waals surface area contributed by atoms with Gasteiger partial charge in [-0.2, -0.15) is 0 Å². The first-order valence-corrected chi connectivity index (χ1v) is 5.47. The van der Waals surface area contributed by atoms with Crippen LogP contribution in [0.25, 0.3) is 0 Å². The minimum absolute atomic E-state index is 0.260. The van der Waals surface area contributed by atoms with Crippen molar-refractivity contribution >= 4 is 34.8 Å². The zero-order chi connectivity index (χ0) is 10.0. The molecule has 0 spiro atoms. The van der Waals surface area contributed by atoms with E-state index in [4.69, 9.17) is 34.8 Å². The molecule has 1 rings (SSSR count). The van der Waals surface area contributed by atoms with Crippen LogP contribution in [0.1, 0.15) is 20.3 Å². The lowest BCUT2D eigenvalue weighted by atomic mass is 10.1. The van der Waals surface area contributed by atoms with E-state index in [1.54, 1.807) is 0 Å². The SMILES string of the molecule is CCC1=C(Cl)C(Cl)N(CC)C=C1Cl. The lowest BCUT2D eigenvalue weighted by molar-refractivity contribution is 0.395. The summed E-state index contributed by atoms with van der Waals surface area (Å²) in [6, 6.07) is 0. The van der Waals surface area contributed by atoms with Crippen molar-refractivity contribution in [3.8, 4) is 0 Å². The van der Waals surface area contributed by atoms with Crippen molar-refractivity contribution in [1.82, 2.24) is 4.90 Å². The Kier molecular flexibility index (Phi) is 3.96. The van der Waals surface area contributed by atoms with Crippen LogP contribution in [-0.2, 0) is 0 Å². The smallest absolute Gasteiger partial charge is 0.140 e. The molecule has 0 radical (unpaired) electrons. The second kappa shape index (κ2) is 4.59. The summed E-state index contributed by atoms with van der Waals surface area (Å²) in [5.74, 6) is 0. The van der Waals surface area contributed by atoms with Crippen LogP contribution in [0.3, 0.4) is 0 Å². The van der Waals surface area contributed by atoms with Gasteiger partial charge in [0.2, 0.25) is 0 Å². The average molecular weight is 241 g/mol. The summed E-state index contributed by atoms with van der Waals surface area (Å²) in [5, 5.41) is 1.35. The van der Waals surface area contributed by atoms with Crippen molar-refractivity contribution in [3.05, 3.63) is 21.8 Å². The van der Waals surface area contributed by atoms with Gasteiger partial charge in [0.15, 0.2) is 0 Å². The highest BCUT2D eigenvalue weighted by Gasteiger charge is 2.24. The fourth-order valence-electron chi connectivity index (χ4n) is 1.28. The van der Waals surface area contributed by atoms with Gasteiger partial charge in [0.25, 0.3) is 0 Å². The van der Waals surface area contributed by atoms with Crippen molar-refractivity contribution in [2.45, 2.75) is 25.8 Å². The highest BCUT2D eigenvalue weighted by molar-refractivity contribution is 6.40. The minimum atomic E-state index is -0.260. The van der Waals surface area contributed by atoms with Crippen LogP contribution in [0.5, 0.6) is 0 Å². The van der Waals surface area contributed by atoms with Crippen molar-refractivity contribution in [1.29, 1.82) is 0 Å². The molecule has 0 saturated carbocycles. The van der Waals surface area contributed by atoms with E-state index < -0.39 is 0 Å². The highest BCUT2D eigenvalue weighted by Crippen LogP contribution is 2.35. The number of hydrogen-bond donors (Lipinski definition) is 0. The molecule has 0 aliphatic carbocycles. The summed E-state index contributed by atoms with van der Waals surface area (Å²) in [6.45, 7) is 4.83. The van der Waals surface area contributed by atoms with Gasteiger partial charge in [0.05, 0.1) is 10.1 Å². The van der Waals surface area contributed by atoms with E-state index in [-0.39, 0.29) is 5.50 Å². The van der Waals surface area contributed by atoms with Gasteiger partial charge in [0, 0.05) is 12.7 Å². The maximum atomic E-state index is 6.10. The first kappa shape index (κ1) is 11.2. The van der Waals surface area contributed by atoms with Gasteiger partial charge in [-0.1, -0.05) is 41.7 Å². The largest absolute Gasteiger partial charge is 0.356 e. The molecule has 0 N–H and O–H groups in total. The van der Waals surface area contributed by atoms with Gasteiger partial charge in [-0.3, -0.25) is 0 Å². The summed E-state index contributed by atoms with van der Waals surface area (Å²) in [6.07, 6.45) is 2.67. The molecule has 0 aromatic rings. The molecule has 0 bridgehead atoms. The molecular formula is C9H12Cl3N. The Bertz CT molecular complexity index is 258. The van der Waals surface area contributed by atoms with Crippen LogP contribution in [-0.4, -0.2) is 16.9 Å². The number of likely N-dealkylation sites (N-methyl/N-ethyl adjacent to an activating group) is 1. The third kappa shape index (κ3) is 2.15.